The number of esters is 3. The molecule has 1 fully saturated rings. The lowest BCUT2D eigenvalue weighted by Crippen LogP contribution is -2.66. The number of hydrogen-bond donors (Lipinski definition) is 2. The minimum Gasteiger partial charge on any atom is -0.598 e. The van der Waals surface area contributed by atoms with E-state index < -0.39 is 69.9 Å². The molecular formula is C37H41NO9S2. The fourth-order valence-corrected chi connectivity index (χ4v) is 7.48. The van der Waals surface area contributed by atoms with Crippen molar-refractivity contribution in [2.75, 3.05) is 6.61 Å². The Balaban J connectivity index is 1.63. The monoisotopic (exact) mass is 707 g/mol. The Hall–Kier alpha value is -3.65. The van der Waals surface area contributed by atoms with Gasteiger partial charge in [-0.25, -0.2) is 14.4 Å². The van der Waals surface area contributed by atoms with E-state index >= 15 is 0 Å². The van der Waals surface area contributed by atoms with Crippen molar-refractivity contribution in [1.29, 1.82) is 0 Å². The second kappa shape index (κ2) is 16.8. The zero-order chi connectivity index (χ0) is 35.0. The van der Waals surface area contributed by atoms with Crippen molar-refractivity contribution in [1.82, 2.24) is 4.72 Å². The molecule has 8 atom stereocenters. The Bertz CT molecular complexity index is 1570. The largest absolute Gasteiger partial charge is 0.598 e. The summed E-state index contributed by atoms with van der Waals surface area (Å²) in [6, 6.07) is 24.3. The molecule has 3 aromatic rings. The molecule has 2 heterocycles. The van der Waals surface area contributed by atoms with Gasteiger partial charge in [-0.15, -0.1) is 16.5 Å². The van der Waals surface area contributed by atoms with E-state index in [1.54, 1.807) is 91.0 Å². The Kier molecular flexibility index (Phi) is 12.6. The molecule has 260 valence electrons. The molecule has 2 bridgehead atoms. The number of fused-ring (bicyclic) bond motifs is 2. The van der Waals surface area contributed by atoms with Crippen molar-refractivity contribution in [2.24, 2.45) is 0 Å². The lowest BCUT2D eigenvalue weighted by molar-refractivity contribution is -0.205. The molecule has 12 heteroatoms. The quantitative estimate of drug-likeness (QED) is 0.130. The van der Waals surface area contributed by atoms with Gasteiger partial charge in [0, 0.05) is 16.6 Å². The number of aliphatic hydroxyl groups is 1. The van der Waals surface area contributed by atoms with E-state index in [9.17, 15) is 24.0 Å². The first kappa shape index (κ1) is 36.6. The first-order chi connectivity index (χ1) is 23.5. The first-order valence-corrected chi connectivity index (χ1v) is 18.2. The molecule has 0 aromatic heterocycles. The average Bonchev–Trinajstić information content (AvgIpc) is 3.11. The van der Waals surface area contributed by atoms with Crippen LogP contribution in [-0.4, -0.2) is 80.1 Å². The van der Waals surface area contributed by atoms with Crippen molar-refractivity contribution in [2.45, 2.75) is 79.5 Å². The van der Waals surface area contributed by atoms with E-state index in [0.29, 0.717) is 12.8 Å². The van der Waals surface area contributed by atoms with Crippen molar-refractivity contribution < 1.29 is 43.0 Å². The van der Waals surface area contributed by atoms with Crippen molar-refractivity contribution in [3.8, 4) is 0 Å². The number of carbonyl (C=O) groups excluding carboxylic acids is 3. The number of aliphatic hydroxyl groups excluding tert-OH is 1. The standard InChI is InChI=1S/C37H41NO9S2/c1-37(2,3)49(43)38-28-22-14-13-21-27(23-39)48-36-32(46-35(42)26-19-11-6-12-20-26)31(45-34(41)25-17-9-5-10-18-25)30(29(28)47-36)44-33(40)24-15-7-4-8-16-24/h4-20,27-32,36,38-39H,21-23H2,1-3H3/b14-13-/t27?,28-,29-,30?,31?,32-,36?,49?/m1/s1. The number of ether oxygens (including phenoxy) is 4. The molecule has 0 radical (unpaired) electrons. The number of carbonyl (C=O) groups is 3. The molecular weight excluding hydrogens is 667 g/mol. The highest BCUT2D eigenvalue weighted by molar-refractivity contribution is 8.00. The summed E-state index contributed by atoms with van der Waals surface area (Å²) in [5.41, 5.74) is -0.263. The molecule has 2 aliphatic rings. The van der Waals surface area contributed by atoms with Gasteiger partial charge >= 0.3 is 17.9 Å². The number of thioether (sulfide) groups is 1. The smallest absolute Gasteiger partial charge is 0.338 e. The van der Waals surface area contributed by atoms with Crippen LogP contribution in [0.2, 0.25) is 0 Å². The van der Waals surface area contributed by atoms with Gasteiger partial charge in [-0.05, 0) is 70.0 Å². The van der Waals surface area contributed by atoms with Crippen molar-refractivity contribution in [3.63, 3.8) is 0 Å². The molecule has 0 spiro atoms. The highest BCUT2D eigenvalue weighted by Gasteiger charge is 2.56. The molecule has 49 heavy (non-hydrogen) atoms. The van der Waals surface area contributed by atoms with Crippen LogP contribution in [-0.2, 0) is 30.3 Å². The molecule has 5 unspecified atom stereocenters. The zero-order valence-electron chi connectivity index (χ0n) is 27.5. The van der Waals surface area contributed by atoms with E-state index in [0.717, 1.165) is 0 Å². The topological polar surface area (TPSA) is 143 Å². The van der Waals surface area contributed by atoms with Gasteiger partial charge in [-0.1, -0.05) is 66.7 Å². The normalized spacial score (nSPS) is 26.8. The molecule has 3 aromatic carbocycles. The summed E-state index contributed by atoms with van der Waals surface area (Å²) in [7, 11) is 0. The number of rotatable bonds is 9. The zero-order valence-corrected chi connectivity index (χ0v) is 29.1. The minimum atomic E-state index is -1.58. The number of nitrogens with one attached hydrogen (secondary N) is 1. The summed E-state index contributed by atoms with van der Waals surface area (Å²) in [5.74, 6) is -2.15. The third-order valence-electron chi connectivity index (χ3n) is 7.99. The van der Waals surface area contributed by atoms with Gasteiger partial charge < -0.3 is 28.6 Å². The van der Waals surface area contributed by atoms with Crippen LogP contribution >= 0.6 is 11.8 Å². The fourth-order valence-electron chi connectivity index (χ4n) is 5.38. The molecule has 0 saturated carbocycles. The first-order valence-electron chi connectivity index (χ1n) is 16.1. The summed E-state index contributed by atoms with van der Waals surface area (Å²) in [6.07, 6.45) is -0.462. The Morgan fingerprint density at radius 3 is 1.69 bits per heavy atom. The summed E-state index contributed by atoms with van der Waals surface area (Å²) in [6.45, 7) is 5.27. The lowest BCUT2D eigenvalue weighted by Gasteiger charge is -2.47. The van der Waals surface area contributed by atoms with Gasteiger partial charge in [0.2, 0.25) is 0 Å². The number of benzene rings is 3. The maximum atomic E-state index is 13.8. The van der Waals surface area contributed by atoms with Gasteiger partial charge in [0.05, 0.1) is 29.3 Å². The summed E-state index contributed by atoms with van der Waals surface area (Å²) in [5, 5.41) is 9.93. The van der Waals surface area contributed by atoms with E-state index in [1.807, 2.05) is 32.9 Å². The lowest BCUT2D eigenvalue weighted by atomic mass is 9.92. The summed E-state index contributed by atoms with van der Waals surface area (Å²) >= 11 is -0.356. The van der Waals surface area contributed by atoms with Crippen LogP contribution in [0.4, 0.5) is 0 Å². The van der Waals surface area contributed by atoms with Crippen LogP contribution < -0.4 is 4.72 Å². The van der Waals surface area contributed by atoms with Gasteiger partial charge in [-0.2, -0.15) is 0 Å². The third kappa shape index (κ3) is 9.53. The van der Waals surface area contributed by atoms with Gasteiger partial charge in [0.25, 0.3) is 0 Å². The SMILES string of the molecule is CC(C)(C)[S+]([O-])N[C@@H]1C/C=C\CC(CO)SC2O[C@H]1C(OC(=O)c1ccccc1)C(OC(=O)c1ccccc1)[C@H]2OC(=O)c1ccccc1. The Labute approximate surface area is 293 Å². The van der Waals surface area contributed by atoms with Gasteiger partial charge in [0.15, 0.2) is 18.3 Å². The molecule has 5 rings (SSSR count). The van der Waals surface area contributed by atoms with Crippen LogP contribution in [0.15, 0.2) is 103 Å². The predicted octanol–water partition coefficient (Wildman–Crippen LogP) is 5.25. The molecule has 10 nitrogen and oxygen atoms in total. The summed E-state index contributed by atoms with van der Waals surface area (Å²) in [4.78, 5) is 41.1. The van der Waals surface area contributed by atoms with E-state index in [-0.39, 0.29) is 28.5 Å². The maximum absolute atomic E-state index is 13.8. The average molecular weight is 708 g/mol. The van der Waals surface area contributed by atoms with Crippen LogP contribution in [0.25, 0.3) is 0 Å². The van der Waals surface area contributed by atoms with Crippen LogP contribution in [0.3, 0.4) is 0 Å². The Morgan fingerprint density at radius 2 is 1.22 bits per heavy atom. The minimum absolute atomic E-state index is 0.213. The highest BCUT2D eigenvalue weighted by atomic mass is 32.2. The van der Waals surface area contributed by atoms with Crippen LogP contribution in [0.1, 0.15) is 64.7 Å². The van der Waals surface area contributed by atoms with Gasteiger partial charge in [-0.3, -0.25) is 0 Å². The van der Waals surface area contributed by atoms with E-state index in [4.69, 9.17) is 18.9 Å². The van der Waals surface area contributed by atoms with Gasteiger partial charge in [0.1, 0.15) is 16.3 Å². The predicted molar refractivity (Wildman–Crippen MR) is 187 cm³/mol. The van der Waals surface area contributed by atoms with Crippen molar-refractivity contribution >= 4 is 41.0 Å². The second-order valence-corrected chi connectivity index (χ2v) is 16.1. The summed E-state index contributed by atoms with van der Waals surface area (Å²) < 4.78 is 41.3. The maximum Gasteiger partial charge on any atom is 0.338 e. The van der Waals surface area contributed by atoms with Crippen LogP contribution in [0.5, 0.6) is 0 Å². The van der Waals surface area contributed by atoms with Crippen LogP contribution in [0, 0.1) is 0 Å². The van der Waals surface area contributed by atoms with Crippen molar-refractivity contribution in [3.05, 3.63) is 120 Å². The Morgan fingerprint density at radius 1 is 0.776 bits per heavy atom. The van der Waals surface area contributed by atoms with E-state index in [1.165, 1.54) is 11.8 Å². The third-order valence-corrected chi connectivity index (χ3v) is 11.0. The number of hydrogen-bond acceptors (Lipinski definition) is 11. The molecule has 2 N–H and O–H groups in total. The molecule has 1 saturated heterocycles. The molecule has 0 aliphatic carbocycles. The van der Waals surface area contributed by atoms with E-state index in [2.05, 4.69) is 4.72 Å². The fraction of sp³-hybridized carbons (Fsp3) is 0.378. The molecule has 2 aliphatic heterocycles. The second-order valence-electron chi connectivity index (χ2n) is 12.7. The number of allylic oxidation sites excluding steroid dienone is 1. The highest BCUT2D eigenvalue weighted by Crippen LogP contribution is 2.40. The molecule has 0 amide bonds.